The molecule has 4 aromatic rings. The number of halogens is 1. The molecule has 2 aromatic carbocycles. The van der Waals surface area contributed by atoms with Crippen molar-refractivity contribution >= 4 is 44.8 Å². The summed E-state index contributed by atoms with van der Waals surface area (Å²) in [4.78, 5) is 13.9. The first-order chi connectivity index (χ1) is 16.1. The van der Waals surface area contributed by atoms with Crippen molar-refractivity contribution in [3.63, 3.8) is 0 Å². The molecule has 0 radical (unpaired) electrons. The Morgan fingerprint density at radius 2 is 1.85 bits per heavy atom. The number of thioether (sulfide) groups is 1. The van der Waals surface area contributed by atoms with Crippen LogP contribution in [0.2, 0.25) is 0 Å². The van der Waals surface area contributed by atoms with Gasteiger partial charge in [-0.05, 0) is 55.5 Å². The molecule has 0 bridgehead atoms. The van der Waals surface area contributed by atoms with E-state index < -0.39 is 0 Å². The van der Waals surface area contributed by atoms with Gasteiger partial charge >= 0.3 is 0 Å². The van der Waals surface area contributed by atoms with Crippen LogP contribution in [0.15, 0.2) is 53.6 Å². The molecule has 2 heterocycles. The SMILES string of the molecule is N#Cc1c(NC(=O)CSc2nnc(-c3ccc(F)cc3)c3ccccc23)sc2c1CCCC2. The van der Waals surface area contributed by atoms with E-state index >= 15 is 0 Å². The van der Waals surface area contributed by atoms with Crippen molar-refractivity contribution < 1.29 is 9.18 Å². The summed E-state index contributed by atoms with van der Waals surface area (Å²) in [6.07, 6.45) is 4.09. The lowest BCUT2D eigenvalue weighted by molar-refractivity contribution is -0.113. The number of aromatic nitrogens is 2. The number of aryl methyl sites for hydroxylation is 1. The van der Waals surface area contributed by atoms with E-state index in [1.165, 1.54) is 40.1 Å². The number of rotatable bonds is 5. The molecule has 1 aliphatic rings. The van der Waals surface area contributed by atoms with Crippen molar-refractivity contribution in [3.05, 3.63) is 70.4 Å². The fraction of sp³-hybridized carbons (Fsp3) is 0.200. The Morgan fingerprint density at radius 1 is 1.09 bits per heavy atom. The Bertz CT molecular complexity index is 1390. The number of benzene rings is 2. The van der Waals surface area contributed by atoms with E-state index in [4.69, 9.17) is 0 Å². The van der Waals surface area contributed by atoms with Crippen molar-refractivity contribution in [1.82, 2.24) is 10.2 Å². The summed E-state index contributed by atoms with van der Waals surface area (Å²) in [6, 6.07) is 16.2. The summed E-state index contributed by atoms with van der Waals surface area (Å²) in [5.41, 5.74) is 3.16. The summed E-state index contributed by atoms with van der Waals surface area (Å²) in [7, 11) is 0. The standard InChI is InChI=1S/C25H19FN4OS2/c26-16-11-9-15(10-12-16)23-18-6-1-2-7-19(18)25(30-29-23)32-14-22(31)28-24-20(13-27)17-5-3-4-8-21(17)33-24/h1-2,6-7,9-12H,3-5,8,14H2,(H,28,31). The number of nitrogens with one attached hydrogen (secondary N) is 1. The molecule has 0 spiro atoms. The normalized spacial score (nSPS) is 12.8. The van der Waals surface area contributed by atoms with Gasteiger partial charge in [0.2, 0.25) is 5.91 Å². The van der Waals surface area contributed by atoms with Crippen LogP contribution in [0.1, 0.15) is 28.8 Å². The van der Waals surface area contributed by atoms with Crippen LogP contribution in [0.4, 0.5) is 9.39 Å². The minimum Gasteiger partial charge on any atom is -0.316 e. The molecule has 164 valence electrons. The van der Waals surface area contributed by atoms with Crippen molar-refractivity contribution in [3.8, 4) is 17.3 Å². The van der Waals surface area contributed by atoms with E-state index in [2.05, 4.69) is 21.6 Å². The summed E-state index contributed by atoms with van der Waals surface area (Å²) in [5, 5.41) is 24.3. The van der Waals surface area contributed by atoms with Crippen LogP contribution in [0.3, 0.4) is 0 Å². The Kier molecular flexibility index (Phi) is 6.07. The van der Waals surface area contributed by atoms with Gasteiger partial charge in [0.05, 0.1) is 11.3 Å². The second-order valence-corrected chi connectivity index (χ2v) is 9.84. The lowest BCUT2D eigenvalue weighted by atomic mass is 9.96. The molecule has 1 N–H and O–H groups in total. The first-order valence-electron chi connectivity index (χ1n) is 10.6. The highest BCUT2D eigenvalue weighted by molar-refractivity contribution is 8.00. The lowest BCUT2D eigenvalue weighted by Gasteiger charge is -2.10. The van der Waals surface area contributed by atoms with Crippen molar-refractivity contribution in [2.24, 2.45) is 0 Å². The zero-order valence-electron chi connectivity index (χ0n) is 17.6. The number of fused-ring (bicyclic) bond motifs is 2. The fourth-order valence-corrected chi connectivity index (χ4v) is 6.10. The largest absolute Gasteiger partial charge is 0.316 e. The molecule has 0 aliphatic heterocycles. The third-order valence-corrected chi connectivity index (χ3v) is 7.84. The van der Waals surface area contributed by atoms with Crippen molar-refractivity contribution in [2.45, 2.75) is 30.7 Å². The number of nitrogens with zero attached hydrogens (tertiary/aromatic N) is 3. The molecule has 8 heteroatoms. The molecular formula is C25H19FN4OS2. The van der Waals surface area contributed by atoms with Gasteiger partial charge in [-0.25, -0.2) is 4.39 Å². The minimum atomic E-state index is -0.305. The minimum absolute atomic E-state index is 0.155. The number of amides is 1. The number of carbonyl (C=O) groups is 1. The highest BCUT2D eigenvalue weighted by atomic mass is 32.2. The topological polar surface area (TPSA) is 78.7 Å². The van der Waals surface area contributed by atoms with E-state index in [9.17, 15) is 14.4 Å². The maximum Gasteiger partial charge on any atom is 0.235 e. The Labute approximate surface area is 198 Å². The Balaban J connectivity index is 1.36. The van der Waals surface area contributed by atoms with E-state index in [1.54, 1.807) is 12.1 Å². The number of nitriles is 1. The predicted octanol–water partition coefficient (Wildman–Crippen LogP) is 5.98. The van der Waals surface area contributed by atoms with Crippen LogP contribution in [0.5, 0.6) is 0 Å². The number of anilines is 1. The van der Waals surface area contributed by atoms with Gasteiger partial charge in [0, 0.05) is 21.2 Å². The summed E-state index contributed by atoms with van der Waals surface area (Å²) in [6.45, 7) is 0. The molecule has 5 nitrogen and oxygen atoms in total. The van der Waals surface area contributed by atoms with E-state index in [1.807, 2.05) is 24.3 Å². The number of hydrogen-bond acceptors (Lipinski definition) is 6. The van der Waals surface area contributed by atoms with Crippen LogP contribution in [0, 0.1) is 17.1 Å². The van der Waals surface area contributed by atoms with Crippen molar-refractivity contribution in [1.29, 1.82) is 5.26 Å². The highest BCUT2D eigenvalue weighted by Gasteiger charge is 2.22. The van der Waals surface area contributed by atoms with E-state index in [0.29, 0.717) is 21.3 Å². The molecule has 0 unspecified atom stereocenters. The first-order valence-corrected chi connectivity index (χ1v) is 12.4. The Hall–Kier alpha value is -3.28. The van der Waals surface area contributed by atoms with Gasteiger partial charge in [0.25, 0.3) is 0 Å². The average molecular weight is 475 g/mol. The third kappa shape index (κ3) is 4.34. The Morgan fingerprint density at radius 3 is 2.64 bits per heavy atom. The van der Waals surface area contributed by atoms with Crippen LogP contribution >= 0.6 is 23.1 Å². The lowest BCUT2D eigenvalue weighted by Crippen LogP contribution is -2.14. The summed E-state index contributed by atoms with van der Waals surface area (Å²) >= 11 is 2.83. The van der Waals surface area contributed by atoms with Gasteiger partial charge in [0.1, 0.15) is 27.6 Å². The molecule has 0 fully saturated rings. The zero-order valence-corrected chi connectivity index (χ0v) is 19.2. The molecule has 33 heavy (non-hydrogen) atoms. The maximum absolute atomic E-state index is 13.3. The molecule has 1 amide bonds. The monoisotopic (exact) mass is 474 g/mol. The molecule has 0 saturated carbocycles. The van der Waals surface area contributed by atoms with Crippen LogP contribution in [0.25, 0.3) is 22.0 Å². The van der Waals surface area contributed by atoms with Crippen LogP contribution in [-0.2, 0) is 17.6 Å². The number of thiophene rings is 1. The zero-order chi connectivity index (χ0) is 22.8. The van der Waals surface area contributed by atoms with E-state index in [-0.39, 0.29) is 17.5 Å². The van der Waals surface area contributed by atoms with Gasteiger partial charge in [-0.1, -0.05) is 36.0 Å². The van der Waals surface area contributed by atoms with Gasteiger partial charge in [0.15, 0.2) is 0 Å². The van der Waals surface area contributed by atoms with Gasteiger partial charge < -0.3 is 5.32 Å². The second kappa shape index (κ2) is 9.30. The first kappa shape index (κ1) is 21.6. The molecular weight excluding hydrogens is 455 g/mol. The van der Waals surface area contributed by atoms with E-state index in [0.717, 1.165) is 47.6 Å². The summed E-state index contributed by atoms with van der Waals surface area (Å²) < 4.78 is 13.3. The fourth-order valence-electron chi connectivity index (χ4n) is 4.08. The predicted molar refractivity (Wildman–Crippen MR) is 130 cm³/mol. The molecule has 5 rings (SSSR count). The molecule has 1 aliphatic carbocycles. The molecule has 0 atom stereocenters. The van der Waals surface area contributed by atoms with Crippen LogP contribution < -0.4 is 5.32 Å². The summed E-state index contributed by atoms with van der Waals surface area (Å²) in [5.74, 6) is -0.328. The highest BCUT2D eigenvalue weighted by Crippen LogP contribution is 2.38. The number of carbonyl (C=O) groups excluding carboxylic acids is 1. The van der Waals surface area contributed by atoms with Gasteiger partial charge in [-0.15, -0.1) is 21.5 Å². The van der Waals surface area contributed by atoms with Gasteiger partial charge in [-0.2, -0.15) is 5.26 Å². The molecule has 0 saturated heterocycles. The molecule has 2 aromatic heterocycles. The average Bonchev–Trinajstić information content (AvgIpc) is 3.20. The number of hydrogen-bond donors (Lipinski definition) is 1. The van der Waals surface area contributed by atoms with Crippen molar-refractivity contribution in [2.75, 3.05) is 11.1 Å². The second-order valence-electron chi connectivity index (χ2n) is 7.77. The van der Waals surface area contributed by atoms with Gasteiger partial charge in [-0.3, -0.25) is 4.79 Å². The maximum atomic E-state index is 13.3. The smallest absolute Gasteiger partial charge is 0.235 e. The van der Waals surface area contributed by atoms with Crippen LogP contribution in [-0.4, -0.2) is 21.9 Å². The quantitative estimate of drug-likeness (QED) is 0.360. The third-order valence-electron chi connectivity index (χ3n) is 5.65.